The van der Waals surface area contributed by atoms with Crippen LogP contribution in [0.5, 0.6) is 0 Å². The molecule has 0 heterocycles. The van der Waals surface area contributed by atoms with Crippen LogP contribution in [0.15, 0.2) is 0 Å². The normalized spacial score (nSPS) is 6.00. The van der Waals surface area contributed by atoms with Crippen LogP contribution in [-0.2, 0) is 0 Å². The fourth-order valence-corrected chi connectivity index (χ4v) is 0. The molecule has 1 N–H and O–H groups in total. The summed E-state index contributed by atoms with van der Waals surface area (Å²) in [6.07, 6.45) is 0.625. The maximum Gasteiger partial charge on any atom is 0.0159 e. The Morgan fingerprint density at radius 2 is 1.80 bits per heavy atom. The molecule has 0 saturated heterocycles. The van der Waals surface area contributed by atoms with Crippen LogP contribution in [0.25, 0.3) is 0 Å². The number of rotatable bonds is 1. The van der Waals surface area contributed by atoms with E-state index in [1.807, 2.05) is 0 Å². The van der Waals surface area contributed by atoms with E-state index >= 15 is 0 Å². The van der Waals surface area contributed by atoms with Gasteiger partial charge in [0.25, 0.3) is 0 Å². The van der Waals surface area contributed by atoms with Crippen molar-refractivity contribution in [2.75, 3.05) is 6.61 Å². The Morgan fingerprint density at radius 3 is 1.80 bits per heavy atom. The van der Waals surface area contributed by atoms with Gasteiger partial charge < -0.3 is 12.0 Å². The minimum Gasteiger partial charge on any atom is -0.399 e. The standard InChI is InChI=1S/C3H7O.Rf/c1-2-3-4;/h4H,1-3H2;/q-1;. The van der Waals surface area contributed by atoms with Crippen LogP contribution in [0.4, 0.5) is 0 Å². The quantitative estimate of drug-likeness (QED) is 0.683. The van der Waals surface area contributed by atoms with Gasteiger partial charge in [-0.1, -0.05) is 0 Å². The van der Waals surface area contributed by atoms with E-state index < -0.39 is 0 Å². The van der Waals surface area contributed by atoms with Gasteiger partial charge in [-0.05, 0) is 0 Å². The smallest absolute Gasteiger partial charge is 0.0159 e. The minimum absolute atomic E-state index is 0. The molecule has 0 unspecified atom stereocenters. The van der Waals surface area contributed by atoms with Crippen LogP contribution < -0.4 is 0 Å². The molecule has 0 aromatic carbocycles. The molecule has 0 spiro atoms. The topological polar surface area (TPSA) is 20.2 Å². The summed E-state index contributed by atoms with van der Waals surface area (Å²) in [5, 5.41) is 7.81. The Labute approximate surface area is 26.3 Å². The zero-order valence-corrected chi connectivity index (χ0v) is 9.67. The van der Waals surface area contributed by atoms with Gasteiger partial charge in [0.1, 0.15) is 0 Å². The Balaban J connectivity index is 0. The van der Waals surface area contributed by atoms with Crippen LogP contribution in [0.1, 0.15) is 6.42 Å². The molecule has 0 fully saturated rings. The third-order valence-electron chi connectivity index (χ3n) is 0.158. The van der Waals surface area contributed by atoms with Crippen molar-refractivity contribution in [2.24, 2.45) is 0 Å². The first-order chi connectivity index (χ1) is 1.91. The molecule has 0 aliphatic carbocycles. The van der Waals surface area contributed by atoms with E-state index in [1.165, 1.54) is 0 Å². The Bertz CT molecular complexity index is 8.85. The van der Waals surface area contributed by atoms with Crippen molar-refractivity contribution in [3.8, 4) is 0 Å². The van der Waals surface area contributed by atoms with E-state index in [9.17, 15) is 0 Å². The molecular formula is C3H7ORf-. The number of aliphatic hydroxyl groups is 1. The molecule has 0 saturated carbocycles. The summed E-state index contributed by atoms with van der Waals surface area (Å²) in [6, 6.07) is 0. The average Bonchev–Trinajstić information content (AvgIpc) is 1.37. The van der Waals surface area contributed by atoms with Crippen molar-refractivity contribution >= 4 is 0 Å². The van der Waals surface area contributed by atoms with Gasteiger partial charge in [-0.3, -0.25) is 0 Å². The minimum atomic E-state index is 0. The molecule has 0 aliphatic heterocycles. The van der Waals surface area contributed by atoms with Crippen LogP contribution in [-0.4, -0.2) is 11.7 Å². The third-order valence-corrected chi connectivity index (χ3v) is 0.158. The van der Waals surface area contributed by atoms with Gasteiger partial charge >= 0.3 is 0 Å². The SMILES string of the molecule is [CH2-]CCO.[Rf]. The van der Waals surface area contributed by atoms with Gasteiger partial charge in [0.05, 0.1) is 0 Å². The molecule has 0 rings (SSSR count). The molecule has 0 amide bonds. The first-order valence-corrected chi connectivity index (χ1v) is 1.32. The van der Waals surface area contributed by atoms with Crippen molar-refractivity contribution < 1.29 is 5.11 Å². The summed E-state index contributed by atoms with van der Waals surface area (Å²) in [5.74, 6) is 0. The fourth-order valence-electron chi connectivity index (χ4n) is 0. The predicted octanol–water partition coefficient (Wildman–Crippen LogP) is 0.203. The first-order valence-electron chi connectivity index (χ1n) is 1.32. The second kappa shape index (κ2) is 12.3. The monoisotopic (exact) mass is 326 g/mol. The van der Waals surface area contributed by atoms with Crippen LogP contribution >= 0.6 is 0 Å². The molecule has 0 aromatic heterocycles. The van der Waals surface area contributed by atoms with E-state index in [0.29, 0.717) is 6.42 Å². The van der Waals surface area contributed by atoms with E-state index in [0.717, 1.165) is 0 Å². The second-order valence-electron chi connectivity index (χ2n) is 0.577. The van der Waals surface area contributed by atoms with E-state index in [4.69, 9.17) is 5.11 Å². The molecule has 5 heavy (non-hydrogen) atoms. The molecule has 2 heteroatoms. The zero-order valence-electron chi connectivity index (χ0n) is 3.28. The van der Waals surface area contributed by atoms with Crippen molar-refractivity contribution in [2.45, 2.75) is 6.42 Å². The van der Waals surface area contributed by atoms with Crippen molar-refractivity contribution in [3.05, 3.63) is 6.92 Å². The summed E-state index contributed by atoms with van der Waals surface area (Å²) in [6.45, 7) is 3.56. The summed E-state index contributed by atoms with van der Waals surface area (Å²) >= 11 is 0. The van der Waals surface area contributed by atoms with Crippen molar-refractivity contribution in [1.82, 2.24) is 0 Å². The van der Waals surface area contributed by atoms with Gasteiger partial charge in [-0.2, -0.15) is 6.42 Å². The van der Waals surface area contributed by atoms with E-state index in [-0.39, 0.29) is 6.61 Å². The summed E-state index contributed by atoms with van der Waals surface area (Å²) in [7, 11) is 0. The maximum atomic E-state index is 7.81. The van der Waals surface area contributed by atoms with Crippen LogP contribution in [0, 0.1) is 6.92 Å². The summed E-state index contributed by atoms with van der Waals surface area (Å²) in [5.41, 5.74) is 0. The van der Waals surface area contributed by atoms with Crippen molar-refractivity contribution in [1.29, 1.82) is 0 Å². The molecule has 0 aromatic rings. The molecule has 0 bridgehead atoms. The largest absolute Gasteiger partial charge is 0.399 e. The molecule has 28 valence electrons. The predicted molar refractivity (Wildman–Crippen MR) is 17.1 cm³/mol. The Morgan fingerprint density at radius 1 is 1.60 bits per heavy atom. The van der Waals surface area contributed by atoms with Crippen LogP contribution in [0.3, 0.4) is 0 Å². The molecule has 1 nitrogen and oxygen atoms in total. The second-order valence-corrected chi connectivity index (χ2v) is 0.577. The van der Waals surface area contributed by atoms with Crippen LogP contribution in [0.2, 0.25) is 0 Å². The number of aliphatic hydroxyl groups excluding tert-OH is 1. The molecule has 0 radical (unpaired) electrons. The van der Waals surface area contributed by atoms with Gasteiger partial charge in [0.15, 0.2) is 0 Å². The van der Waals surface area contributed by atoms with E-state index in [2.05, 4.69) is 6.92 Å². The van der Waals surface area contributed by atoms with Gasteiger partial charge in [-0.15, -0.1) is 0 Å². The average molecular weight is 326 g/mol. The Hall–Kier alpha value is -1.04. The van der Waals surface area contributed by atoms with Gasteiger partial charge in [0, 0.05) is 6.61 Å². The fraction of sp³-hybridized carbons (Fsp3) is 0.667. The number of hydrogen-bond donors (Lipinski definition) is 1. The third kappa shape index (κ3) is 1700. The molecule has 0 atom stereocenters. The van der Waals surface area contributed by atoms with E-state index in [1.54, 1.807) is 0 Å². The molecular weight excluding hydrogens is 319 g/mol. The Kier molecular flexibility index (Phi) is 22.3. The summed E-state index contributed by atoms with van der Waals surface area (Å²) < 4.78 is 0. The van der Waals surface area contributed by atoms with Crippen molar-refractivity contribution in [3.63, 3.8) is 0 Å². The maximum absolute atomic E-state index is 7.81. The van der Waals surface area contributed by atoms with Gasteiger partial charge in [0.2, 0.25) is 0 Å². The first kappa shape index (κ1) is 9.03. The summed E-state index contributed by atoms with van der Waals surface area (Å²) in [4.78, 5) is 0. The van der Waals surface area contributed by atoms with Gasteiger partial charge in [-0.25, -0.2) is 0 Å². The molecule has 0 aliphatic rings. The zero-order chi connectivity index (χ0) is 3.41. The number of hydrogen-bond acceptors (Lipinski definition) is 1.